The molecule has 2 heterocycles. The van der Waals surface area contributed by atoms with Crippen molar-refractivity contribution in [3.63, 3.8) is 0 Å². The summed E-state index contributed by atoms with van der Waals surface area (Å²) in [6.45, 7) is 4.59. The van der Waals surface area contributed by atoms with Crippen LogP contribution in [0, 0.1) is 6.92 Å². The molecular formula is C13H15BrN4O. The molecule has 2 rings (SSSR count). The second-order valence-corrected chi connectivity index (χ2v) is 5.05. The van der Waals surface area contributed by atoms with Crippen LogP contribution in [0.1, 0.15) is 28.7 Å². The van der Waals surface area contributed by atoms with E-state index in [1.54, 1.807) is 36.3 Å². The lowest BCUT2D eigenvalue weighted by molar-refractivity contribution is 0.104. The smallest absolute Gasteiger partial charge is 0.189 e. The largest absolute Gasteiger partial charge is 0.289 e. The molecule has 5 nitrogen and oxygen atoms in total. The van der Waals surface area contributed by atoms with Crippen LogP contribution >= 0.6 is 15.9 Å². The fraction of sp³-hybridized carbons (Fsp3) is 0.308. The number of ketones is 1. The molecule has 0 aliphatic carbocycles. The summed E-state index contributed by atoms with van der Waals surface area (Å²) in [7, 11) is 1.80. The zero-order valence-electron chi connectivity index (χ0n) is 11.1. The fourth-order valence-corrected chi connectivity index (χ4v) is 2.30. The number of halogens is 1. The molecule has 0 aliphatic heterocycles. The summed E-state index contributed by atoms with van der Waals surface area (Å²) < 4.78 is 4.34. The highest BCUT2D eigenvalue weighted by atomic mass is 79.9. The van der Waals surface area contributed by atoms with Gasteiger partial charge >= 0.3 is 0 Å². The first-order valence-electron chi connectivity index (χ1n) is 5.97. The Labute approximate surface area is 120 Å². The Morgan fingerprint density at radius 3 is 2.84 bits per heavy atom. The number of aryl methyl sites for hydroxylation is 3. The van der Waals surface area contributed by atoms with E-state index in [1.165, 1.54) is 0 Å². The maximum Gasteiger partial charge on any atom is 0.189 e. The predicted octanol–water partition coefficient (Wildman–Crippen LogP) is 2.60. The lowest BCUT2D eigenvalue weighted by atomic mass is 10.1. The molecule has 0 fully saturated rings. The highest BCUT2D eigenvalue weighted by molar-refractivity contribution is 9.10. The third kappa shape index (κ3) is 2.84. The number of nitrogens with zero attached hydrogens (tertiary/aromatic N) is 4. The van der Waals surface area contributed by atoms with E-state index in [2.05, 4.69) is 26.1 Å². The Morgan fingerprint density at radius 2 is 2.26 bits per heavy atom. The zero-order chi connectivity index (χ0) is 14.0. The summed E-state index contributed by atoms with van der Waals surface area (Å²) in [6.07, 6.45) is 6.78. The van der Waals surface area contributed by atoms with Gasteiger partial charge in [0.1, 0.15) is 0 Å². The minimum Gasteiger partial charge on any atom is -0.289 e. The number of hydrogen-bond donors (Lipinski definition) is 0. The summed E-state index contributed by atoms with van der Waals surface area (Å²) in [6, 6.07) is 0. The van der Waals surface area contributed by atoms with E-state index < -0.39 is 0 Å². The molecule has 0 saturated heterocycles. The number of carbonyl (C=O) groups excluding carboxylic acids is 1. The second-order valence-electron chi connectivity index (χ2n) is 4.19. The van der Waals surface area contributed by atoms with Gasteiger partial charge in [0, 0.05) is 19.8 Å². The quantitative estimate of drug-likeness (QED) is 0.642. The molecule has 0 atom stereocenters. The molecule has 2 aromatic rings. The van der Waals surface area contributed by atoms with Crippen molar-refractivity contribution < 1.29 is 4.79 Å². The topological polar surface area (TPSA) is 52.7 Å². The Bertz CT molecular complexity index is 639. The Balaban J connectivity index is 2.25. The van der Waals surface area contributed by atoms with Gasteiger partial charge in [-0.1, -0.05) is 0 Å². The number of allylic oxidation sites excluding steroid dienone is 1. The van der Waals surface area contributed by atoms with Crippen LogP contribution in [-0.2, 0) is 13.6 Å². The first kappa shape index (κ1) is 13.7. The maximum atomic E-state index is 12.1. The monoisotopic (exact) mass is 322 g/mol. The third-order valence-corrected chi connectivity index (χ3v) is 3.42. The van der Waals surface area contributed by atoms with Crippen LogP contribution < -0.4 is 0 Å². The molecule has 0 amide bonds. The summed E-state index contributed by atoms with van der Waals surface area (Å²) >= 11 is 3.42. The molecule has 19 heavy (non-hydrogen) atoms. The highest BCUT2D eigenvalue weighted by Crippen LogP contribution is 2.18. The van der Waals surface area contributed by atoms with Crippen LogP contribution in [0.4, 0.5) is 0 Å². The van der Waals surface area contributed by atoms with Crippen molar-refractivity contribution in [2.24, 2.45) is 7.05 Å². The first-order chi connectivity index (χ1) is 9.02. The number of carbonyl (C=O) groups is 1. The lowest BCUT2D eigenvalue weighted by Crippen LogP contribution is -2.00. The van der Waals surface area contributed by atoms with E-state index in [-0.39, 0.29) is 5.78 Å². The molecule has 0 saturated carbocycles. The highest BCUT2D eigenvalue weighted by Gasteiger charge is 2.10. The van der Waals surface area contributed by atoms with Crippen LogP contribution in [0.2, 0.25) is 0 Å². The second kappa shape index (κ2) is 5.52. The van der Waals surface area contributed by atoms with Crippen LogP contribution in [0.15, 0.2) is 22.9 Å². The molecule has 0 spiro atoms. The summed E-state index contributed by atoms with van der Waals surface area (Å²) in [5.74, 6) is -0.0543. The van der Waals surface area contributed by atoms with Gasteiger partial charge in [0.2, 0.25) is 0 Å². The van der Waals surface area contributed by atoms with Crippen molar-refractivity contribution in [3.8, 4) is 0 Å². The molecule has 0 aromatic carbocycles. The van der Waals surface area contributed by atoms with Crippen molar-refractivity contribution in [1.82, 2.24) is 19.6 Å². The minimum absolute atomic E-state index is 0.0543. The van der Waals surface area contributed by atoms with Gasteiger partial charge < -0.3 is 0 Å². The van der Waals surface area contributed by atoms with Gasteiger partial charge in [-0.3, -0.25) is 14.2 Å². The molecule has 6 heteroatoms. The third-order valence-electron chi connectivity index (χ3n) is 2.80. The van der Waals surface area contributed by atoms with Crippen molar-refractivity contribution in [2.75, 3.05) is 0 Å². The lowest BCUT2D eigenvalue weighted by Gasteiger charge is -1.99. The SMILES string of the molecule is CCn1ncc(Br)c1/C=C/C(=O)c1cn(C)nc1C. The van der Waals surface area contributed by atoms with Crippen molar-refractivity contribution in [2.45, 2.75) is 20.4 Å². The van der Waals surface area contributed by atoms with E-state index in [1.807, 2.05) is 18.5 Å². The first-order valence-corrected chi connectivity index (χ1v) is 6.76. The Kier molecular flexibility index (Phi) is 3.99. The summed E-state index contributed by atoms with van der Waals surface area (Å²) in [5.41, 5.74) is 2.25. The summed E-state index contributed by atoms with van der Waals surface area (Å²) in [5, 5.41) is 8.36. The number of aromatic nitrogens is 4. The molecule has 2 aromatic heterocycles. The van der Waals surface area contributed by atoms with Gasteiger partial charge in [0.15, 0.2) is 5.78 Å². The molecule has 0 unspecified atom stereocenters. The fourth-order valence-electron chi connectivity index (χ4n) is 1.88. The van der Waals surface area contributed by atoms with Gasteiger partial charge in [-0.15, -0.1) is 0 Å². The number of hydrogen-bond acceptors (Lipinski definition) is 3. The molecule has 0 N–H and O–H groups in total. The molecule has 0 aliphatic rings. The summed E-state index contributed by atoms with van der Waals surface area (Å²) in [4.78, 5) is 12.1. The zero-order valence-corrected chi connectivity index (χ0v) is 12.7. The molecule has 0 bridgehead atoms. The normalized spacial score (nSPS) is 11.4. The van der Waals surface area contributed by atoms with E-state index >= 15 is 0 Å². The van der Waals surface area contributed by atoms with Crippen molar-refractivity contribution in [3.05, 3.63) is 39.9 Å². The van der Waals surface area contributed by atoms with Gasteiger partial charge in [0.05, 0.1) is 27.6 Å². The standard InChI is InChI=1S/C13H15BrN4O/c1-4-18-12(11(14)7-15-18)5-6-13(19)10-8-17(3)16-9(10)2/h5-8H,4H2,1-3H3/b6-5+. The van der Waals surface area contributed by atoms with Gasteiger partial charge in [-0.2, -0.15) is 10.2 Å². The van der Waals surface area contributed by atoms with E-state index in [4.69, 9.17) is 0 Å². The van der Waals surface area contributed by atoms with Crippen LogP contribution in [-0.4, -0.2) is 25.3 Å². The number of rotatable bonds is 4. The van der Waals surface area contributed by atoms with Gasteiger partial charge in [0.25, 0.3) is 0 Å². The van der Waals surface area contributed by atoms with E-state index in [0.717, 1.165) is 22.4 Å². The minimum atomic E-state index is -0.0543. The van der Waals surface area contributed by atoms with E-state index in [0.29, 0.717) is 5.56 Å². The van der Waals surface area contributed by atoms with Crippen LogP contribution in [0.3, 0.4) is 0 Å². The van der Waals surface area contributed by atoms with E-state index in [9.17, 15) is 4.79 Å². The Morgan fingerprint density at radius 1 is 1.53 bits per heavy atom. The van der Waals surface area contributed by atoms with Crippen molar-refractivity contribution in [1.29, 1.82) is 0 Å². The van der Waals surface area contributed by atoms with Gasteiger partial charge in [-0.05, 0) is 41.9 Å². The van der Waals surface area contributed by atoms with Gasteiger partial charge in [-0.25, -0.2) is 0 Å². The van der Waals surface area contributed by atoms with Crippen LogP contribution in [0.5, 0.6) is 0 Å². The molecule has 0 radical (unpaired) electrons. The molecule has 100 valence electrons. The van der Waals surface area contributed by atoms with Crippen LogP contribution in [0.25, 0.3) is 6.08 Å². The predicted molar refractivity (Wildman–Crippen MR) is 76.9 cm³/mol. The maximum absolute atomic E-state index is 12.1. The Hall–Kier alpha value is -1.69. The average Bonchev–Trinajstić information content (AvgIpc) is 2.89. The van der Waals surface area contributed by atoms with Crippen molar-refractivity contribution >= 4 is 27.8 Å². The average molecular weight is 323 g/mol. The molecular weight excluding hydrogens is 308 g/mol.